The number of hydrogen-bond donors (Lipinski definition) is 1. The lowest BCUT2D eigenvalue weighted by Crippen LogP contribution is -2.12. The second-order valence-electron chi connectivity index (χ2n) is 5.99. The highest BCUT2D eigenvalue weighted by atomic mass is 16.5. The van der Waals surface area contributed by atoms with Crippen LogP contribution in [0.5, 0.6) is 5.75 Å². The van der Waals surface area contributed by atoms with Gasteiger partial charge in [-0.25, -0.2) is 4.68 Å². The zero-order chi connectivity index (χ0) is 14.8. The summed E-state index contributed by atoms with van der Waals surface area (Å²) in [5.74, 6) is 1.41. The molecule has 0 spiro atoms. The quantitative estimate of drug-likeness (QED) is 0.867. The minimum absolute atomic E-state index is 0.225. The van der Waals surface area contributed by atoms with Crippen LogP contribution < -0.4 is 10.5 Å². The second kappa shape index (κ2) is 5.48. The lowest BCUT2D eigenvalue weighted by Gasteiger charge is -2.18. The first kappa shape index (κ1) is 14.3. The van der Waals surface area contributed by atoms with Crippen LogP contribution in [0.1, 0.15) is 27.2 Å². The van der Waals surface area contributed by atoms with E-state index in [-0.39, 0.29) is 5.41 Å². The normalized spacial score (nSPS) is 11.6. The molecule has 6 nitrogen and oxygen atoms in total. The number of aromatic nitrogens is 4. The topological polar surface area (TPSA) is 78.8 Å². The number of ether oxygens (including phenoxy) is 1. The van der Waals surface area contributed by atoms with Crippen molar-refractivity contribution in [1.82, 2.24) is 20.2 Å². The summed E-state index contributed by atoms with van der Waals surface area (Å²) < 4.78 is 7.02. The fourth-order valence-corrected chi connectivity index (χ4v) is 1.85. The van der Waals surface area contributed by atoms with Gasteiger partial charge in [-0.05, 0) is 40.5 Å². The lowest BCUT2D eigenvalue weighted by atomic mass is 9.92. The van der Waals surface area contributed by atoms with E-state index in [9.17, 15) is 0 Å². The number of nitrogen functional groups attached to an aromatic ring is 1. The maximum atomic E-state index is 6.02. The van der Waals surface area contributed by atoms with Gasteiger partial charge in [0, 0.05) is 17.8 Å². The van der Waals surface area contributed by atoms with Crippen molar-refractivity contribution < 1.29 is 4.74 Å². The molecule has 0 aliphatic rings. The highest BCUT2D eigenvalue weighted by Gasteiger charge is 2.16. The SMILES string of the molecule is COc1ccc(N)c(-c2nnnn2CCC(C)(C)C)c1. The van der Waals surface area contributed by atoms with Crippen LogP contribution in [0.2, 0.25) is 0 Å². The van der Waals surface area contributed by atoms with Gasteiger partial charge in [0.2, 0.25) is 0 Å². The molecular formula is C14H21N5O. The van der Waals surface area contributed by atoms with E-state index in [1.165, 1.54) is 0 Å². The zero-order valence-corrected chi connectivity index (χ0v) is 12.4. The van der Waals surface area contributed by atoms with Gasteiger partial charge in [-0.15, -0.1) is 5.10 Å². The van der Waals surface area contributed by atoms with Crippen LogP contribution in [0.15, 0.2) is 18.2 Å². The first-order valence-electron chi connectivity index (χ1n) is 6.61. The molecule has 0 aliphatic heterocycles. The predicted octanol–water partition coefficient (Wildman–Crippen LogP) is 2.37. The molecule has 2 aromatic rings. The van der Waals surface area contributed by atoms with Crippen LogP contribution in [-0.2, 0) is 6.54 Å². The number of aryl methyl sites for hydroxylation is 1. The van der Waals surface area contributed by atoms with E-state index in [2.05, 4.69) is 36.3 Å². The molecule has 1 heterocycles. The third kappa shape index (κ3) is 3.26. The average molecular weight is 275 g/mol. The van der Waals surface area contributed by atoms with Crippen LogP contribution in [0.3, 0.4) is 0 Å². The van der Waals surface area contributed by atoms with E-state index in [1.54, 1.807) is 17.9 Å². The molecule has 0 amide bonds. The van der Waals surface area contributed by atoms with Crippen LogP contribution in [-0.4, -0.2) is 27.3 Å². The Morgan fingerprint density at radius 1 is 1.30 bits per heavy atom. The van der Waals surface area contributed by atoms with Gasteiger partial charge in [0.15, 0.2) is 5.82 Å². The Kier molecular flexibility index (Phi) is 3.92. The van der Waals surface area contributed by atoms with Gasteiger partial charge in [0.1, 0.15) is 5.75 Å². The van der Waals surface area contributed by atoms with Crippen molar-refractivity contribution in [1.29, 1.82) is 0 Å². The zero-order valence-electron chi connectivity index (χ0n) is 12.4. The number of benzene rings is 1. The number of rotatable bonds is 4. The highest BCUT2D eigenvalue weighted by molar-refractivity contribution is 5.72. The Bertz CT molecular complexity index is 585. The number of hydrogen-bond acceptors (Lipinski definition) is 5. The van der Waals surface area contributed by atoms with Crippen LogP contribution in [0.4, 0.5) is 5.69 Å². The summed E-state index contributed by atoms with van der Waals surface area (Å²) in [7, 11) is 1.62. The van der Waals surface area contributed by atoms with Crippen molar-refractivity contribution in [2.75, 3.05) is 12.8 Å². The number of tetrazole rings is 1. The summed E-state index contributed by atoms with van der Waals surface area (Å²) in [5, 5.41) is 11.9. The average Bonchev–Trinajstić information content (AvgIpc) is 2.84. The van der Waals surface area contributed by atoms with Gasteiger partial charge in [-0.3, -0.25) is 0 Å². The Morgan fingerprint density at radius 2 is 2.05 bits per heavy atom. The third-order valence-corrected chi connectivity index (χ3v) is 3.11. The smallest absolute Gasteiger partial charge is 0.184 e. The standard InChI is InChI=1S/C14H21N5O/c1-14(2,3)7-8-19-13(16-17-18-19)11-9-10(20-4)5-6-12(11)15/h5-6,9H,7-8,15H2,1-4H3. The maximum absolute atomic E-state index is 6.02. The van der Waals surface area contributed by atoms with E-state index >= 15 is 0 Å². The summed E-state index contributed by atoms with van der Waals surface area (Å²) in [4.78, 5) is 0. The van der Waals surface area contributed by atoms with Crippen molar-refractivity contribution in [2.45, 2.75) is 33.7 Å². The van der Waals surface area contributed by atoms with Gasteiger partial charge >= 0.3 is 0 Å². The Balaban J connectivity index is 2.32. The molecule has 0 unspecified atom stereocenters. The third-order valence-electron chi connectivity index (χ3n) is 3.11. The van der Waals surface area contributed by atoms with Gasteiger partial charge in [0.05, 0.1) is 7.11 Å². The summed E-state index contributed by atoms with van der Waals surface area (Å²) in [6.45, 7) is 7.33. The van der Waals surface area contributed by atoms with Crippen molar-refractivity contribution >= 4 is 5.69 Å². The molecule has 0 saturated heterocycles. The molecule has 2 N–H and O–H groups in total. The summed E-state index contributed by atoms with van der Waals surface area (Å²) in [6.07, 6.45) is 0.981. The molecule has 0 saturated carbocycles. The highest BCUT2D eigenvalue weighted by Crippen LogP contribution is 2.28. The first-order chi connectivity index (χ1) is 9.40. The van der Waals surface area contributed by atoms with Crippen molar-refractivity contribution in [3.63, 3.8) is 0 Å². The van der Waals surface area contributed by atoms with E-state index in [1.807, 2.05) is 12.1 Å². The fraction of sp³-hybridized carbons (Fsp3) is 0.500. The summed E-state index contributed by atoms with van der Waals surface area (Å²) in [6, 6.07) is 5.48. The van der Waals surface area contributed by atoms with Gasteiger partial charge < -0.3 is 10.5 Å². The Labute approximate surface area is 118 Å². The second-order valence-corrected chi connectivity index (χ2v) is 5.99. The van der Waals surface area contributed by atoms with Crippen molar-refractivity contribution in [3.05, 3.63) is 18.2 Å². The molecule has 1 aromatic carbocycles. The molecular weight excluding hydrogens is 254 g/mol. The molecule has 0 aliphatic carbocycles. The van der Waals surface area contributed by atoms with Crippen molar-refractivity contribution in [2.24, 2.45) is 5.41 Å². The van der Waals surface area contributed by atoms with Gasteiger partial charge in [-0.2, -0.15) is 0 Å². The number of methoxy groups -OCH3 is 1. The molecule has 20 heavy (non-hydrogen) atoms. The molecule has 0 fully saturated rings. The first-order valence-corrected chi connectivity index (χ1v) is 6.61. The lowest BCUT2D eigenvalue weighted by molar-refractivity contribution is 0.340. The molecule has 6 heteroatoms. The van der Waals surface area contributed by atoms with Gasteiger partial charge in [0.25, 0.3) is 0 Å². The number of nitrogens with two attached hydrogens (primary N) is 1. The number of nitrogens with zero attached hydrogens (tertiary/aromatic N) is 4. The minimum Gasteiger partial charge on any atom is -0.497 e. The molecule has 0 bridgehead atoms. The predicted molar refractivity (Wildman–Crippen MR) is 78.3 cm³/mol. The Morgan fingerprint density at radius 3 is 2.70 bits per heavy atom. The molecule has 2 rings (SSSR count). The molecule has 108 valence electrons. The largest absolute Gasteiger partial charge is 0.497 e. The summed E-state index contributed by atoms with van der Waals surface area (Å²) in [5.41, 5.74) is 7.68. The molecule has 0 radical (unpaired) electrons. The van der Waals surface area contributed by atoms with Crippen LogP contribution >= 0.6 is 0 Å². The monoisotopic (exact) mass is 275 g/mol. The van der Waals surface area contributed by atoms with Crippen molar-refractivity contribution in [3.8, 4) is 17.1 Å². The van der Waals surface area contributed by atoms with Gasteiger partial charge in [-0.1, -0.05) is 20.8 Å². The Hall–Kier alpha value is -2.11. The van der Waals surface area contributed by atoms with E-state index < -0.39 is 0 Å². The van der Waals surface area contributed by atoms with E-state index in [0.29, 0.717) is 11.5 Å². The molecule has 1 aromatic heterocycles. The minimum atomic E-state index is 0.225. The van der Waals surface area contributed by atoms with E-state index in [0.717, 1.165) is 24.3 Å². The fourth-order valence-electron chi connectivity index (χ4n) is 1.85. The van der Waals surface area contributed by atoms with E-state index in [4.69, 9.17) is 10.5 Å². The van der Waals surface area contributed by atoms with Crippen LogP contribution in [0, 0.1) is 5.41 Å². The van der Waals surface area contributed by atoms with Crippen LogP contribution in [0.25, 0.3) is 11.4 Å². The maximum Gasteiger partial charge on any atom is 0.184 e. The summed E-state index contributed by atoms with van der Waals surface area (Å²) >= 11 is 0. The molecule has 0 atom stereocenters. The number of anilines is 1.